The Balaban J connectivity index is 1.39. The van der Waals surface area contributed by atoms with Crippen LogP contribution >= 0.6 is 34.9 Å². The molecule has 0 saturated heterocycles. The van der Waals surface area contributed by atoms with Crippen LogP contribution in [0.5, 0.6) is 0 Å². The van der Waals surface area contributed by atoms with Gasteiger partial charge >= 0.3 is 0 Å². The summed E-state index contributed by atoms with van der Waals surface area (Å²) in [7, 11) is 0. The van der Waals surface area contributed by atoms with E-state index in [0.29, 0.717) is 9.90 Å². The summed E-state index contributed by atoms with van der Waals surface area (Å²) in [6.45, 7) is 0. The number of carbonyl (C=O) groups excluding carboxylic acids is 1. The summed E-state index contributed by atoms with van der Waals surface area (Å²) in [4.78, 5) is 22.4. The van der Waals surface area contributed by atoms with Gasteiger partial charge in [-0.1, -0.05) is 77.3 Å². The summed E-state index contributed by atoms with van der Waals surface area (Å²) < 4.78 is 1.57. The van der Waals surface area contributed by atoms with E-state index in [4.69, 9.17) is 0 Å². The largest absolute Gasteiger partial charge is 0.276 e. The van der Waals surface area contributed by atoms with Crippen LogP contribution in [0.25, 0.3) is 6.08 Å². The molecule has 31 heavy (non-hydrogen) atoms. The van der Waals surface area contributed by atoms with E-state index < -0.39 is 4.92 Å². The van der Waals surface area contributed by atoms with Crippen LogP contribution in [0.4, 0.5) is 5.69 Å². The zero-order valence-corrected chi connectivity index (χ0v) is 18.5. The Kier molecular flexibility index (Phi) is 8.76. The molecule has 1 N–H and O–H groups in total. The molecule has 1 aromatic heterocycles. The standard InChI is InChI=1S/C20H17N5O3S3/c26-18(22-21-12-6-10-16-9-4-5-11-17(16)25(27)28)14-30-20-24-23-19(31-20)29-13-15-7-2-1-3-8-15/h1-12H,13-14H2,(H,22,26)/b10-6+,21-12-. The first-order valence-electron chi connectivity index (χ1n) is 8.97. The van der Waals surface area contributed by atoms with Gasteiger partial charge in [0.05, 0.1) is 16.2 Å². The molecule has 1 amide bonds. The molecule has 0 fully saturated rings. The highest BCUT2D eigenvalue weighted by Gasteiger charge is 2.09. The van der Waals surface area contributed by atoms with Crippen molar-refractivity contribution in [3.05, 3.63) is 81.9 Å². The minimum Gasteiger partial charge on any atom is -0.272 e. The van der Waals surface area contributed by atoms with Crippen LogP contribution < -0.4 is 5.43 Å². The Morgan fingerprint density at radius 1 is 1.10 bits per heavy atom. The van der Waals surface area contributed by atoms with Crippen molar-refractivity contribution in [3.63, 3.8) is 0 Å². The maximum Gasteiger partial charge on any atom is 0.276 e. The van der Waals surface area contributed by atoms with Gasteiger partial charge in [-0.05, 0) is 23.8 Å². The van der Waals surface area contributed by atoms with Crippen molar-refractivity contribution in [2.45, 2.75) is 14.4 Å². The van der Waals surface area contributed by atoms with Gasteiger partial charge in [-0.3, -0.25) is 14.9 Å². The van der Waals surface area contributed by atoms with Crippen LogP contribution in [0.2, 0.25) is 0 Å². The molecule has 0 atom stereocenters. The number of nitro benzene ring substituents is 1. The normalized spacial score (nSPS) is 11.2. The van der Waals surface area contributed by atoms with Crippen molar-refractivity contribution in [3.8, 4) is 0 Å². The molecule has 0 spiro atoms. The predicted octanol–water partition coefficient (Wildman–Crippen LogP) is 4.65. The Labute approximate surface area is 191 Å². The van der Waals surface area contributed by atoms with Gasteiger partial charge in [-0.25, -0.2) is 5.43 Å². The molecule has 0 radical (unpaired) electrons. The minimum atomic E-state index is -0.450. The van der Waals surface area contributed by atoms with Crippen molar-refractivity contribution in [2.75, 3.05) is 5.75 Å². The summed E-state index contributed by atoms with van der Waals surface area (Å²) in [6.07, 6.45) is 4.44. The molecular weight excluding hydrogens is 454 g/mol. The summed E-state index contributed by atoms with van der Waals surface area (Å²) in [6, 6.07) is 16.5. The third-order valence-electron chi connectivity index (χ3n) is 3.68. The highest BCUT2D eigenvalue weighted by Crippen LogP contribution is 2.30. The number of allylic oxidation sites excluding steroid dienone is 1. The molecule has 11 heteroatoms. The molecule has 0 unspecified atom stereocenters. The van der Waals surface area contributed by atoms with Crippen molar-refractivity contribution in [2.24, 2.45) is 5.10 Å². The third kappa shape index (κ3) is 7.63. The van der Waals surface area contributed by atoms with Crippen LogP contribution in [0.15, 0.2) is 74.5 Å². The Bertz CT molecular complexity index is 1090. The number of hydrazone groups is 1. The van der Waals surface area contributed by atoms with E-state index in [0.717, 1.165) is 10.1 Å². The van der Waals surface area contributed by atoms with E-state index >= 15 is 0 Å². The number of thioether (sulfide) groups is 2. The number of carbonyl (C=O) groups is 1. The zero-order valence-electron chi connectivity index (χ0n) is 16.1. The topological polar surface area (TPSA) is 110 Å². The molecule has 158 valence electrons. The highest BCUT2D eigenvalue weighted by atomic mass is 32.2. The van der Waals surface area contributed by atoms with E-state index in [9.17, 15) is 14.9 Å². The van der Waals surface area contributed by atoms with Crippen molar-refractivity contribution < 1.29 is 9.72 Å². The summed E-state index contributed by atoms with van der Waals surface area (Å²) in [5.74, 6) is 0.687. The fraction of sp³-hybridized carbons (Fsp3) is 0.100. The molecule has 8 nitrogen and oxygen atoms in total. The third-order valence-corrected chi connectivity index (χ3v) is 6.94. The number of nitrogens with zero attached hydrogens (tertiary/aromatic N) is 4. The van der Waals surface area contributed by atoms with Gasteiger partial charge in [0.25, 0.3) is 11.6 Å². The van der Waals surface area contributed by atoms with E-state index in [1.165, 1.54) is 47.0 Å². The smallest absolute Gasteiger partial charge is 0.272 e. The van der Waals surface area contributed by atoms with Crippen molar-refractivity contribution in [1.82, 2.24) is 15.6 Å². The monoisotopic (exact) mass is 471 g/mol. The quantitative estimate of drug-likeness (QED) is 0.198. The average Bonchev–Trinajstić information content (AvgIpc) is 3.25. The maximum absolute atomic E-state index is 11.9. The molecule has 0 aliphatic rings. The summed E-state index contributed by atoms with van der Waals surface area (Å²) in [5.41, 5.74) is 4.08. The summed E-state index contributed by atoms with van der Waals surface area (Å²) >= 11 is 4.34. The number of para-hydroxylation sites is 1. The lowest BCUT2D eigenvalue weighted by Crippen LogP contribution is -2.19. The van der Waals surface area contributed by atoms with Gasteiger partial charge in [0.1, 0.15) is 0 Å². The fourth-order valence-electron chi connectivity index (χ4n) is 2.29. The lowest BCUT2D eigenvalue weighted by Gasteiger charge is -1.97. The van der Waals surface area contributed by atoms with Crippen molar-refractivity contribution in [1.29, 1.82) is 0 Å². The molecule has 2 aromatic carbocycles. The Hall–Kier alpha value is -3.02. The van der Waals surface area contributed by atoms with E-state index in [-0.39, 0.29) is 17.3 Å². The van der Waals surface area contributed by atoms with E-state index in [1.54, 1.807) is 36.0 Å². The molecule has 0 aliphatic heterocycles. The van der Waals surface area contributed by atoms with E-state index in [2.05, 4.69) is 32.9 Å². The number of nitrogens with one attached hydrogen (secondary N) is 1. The first-order valence-corrected chi connectivity index (χ1v) is 11.8. The predicted molar refractivity (Wildman–Crippen MR) is 125 cm³/mol. The first-order chi connectivity index (χ1) is 15.1. The minimum absolute atomic E-state index is 0.00550. The zero-order chi connectivity index (χ0) is 21.9. The number of rotatable bonds is 10. The van der Waals surface area contributed by atoms with E-state index in [1.807, 2.05) is 18.2 Å². The van der Waals surface area contributed by atoms with Crippen LogP contribution in [-0.4, -0.2) is 33.0 Å². The van der Waals surface area contributed by atoms with Crippen LogP contribution in [0.1, 0.15) is 11.1 Å². The molecule has 0 saturated carbocycles. The SMILES string of the molecule is O=C(CSc1nnc(SCc2ccccc2)s1)N/N=C\C=C\c1ccccc1[N+](=O)[O-]. The lowest BCUT2D eigenvalue weighted by molar-refractivity contribution is -0.385. The molecule has 0 aliphatic carbocycles. The van der Waals surface area contributed by atoms with Gasteiger partial charge in [-0.15, -0.1) is 10.2 Å². The second kappa shape index (κ2) is 12.0. The average molecular weight is 472 g/mol. The molecule has 0 bridgehead atoms. The number of hydrogen-bond acceptors (Lipinski definition) is 9. The molecule has 3 rings (SSSR count). The first kappa shape index (κ1) is 22.7. The molecular formula is C20H17N5O3S3. The second-order valence-corrected chi connectivity index (χ2v) is 9.31. The number of hydrogen-bond donors (Lipinski definition) is 1. The van der Waals surface area contributed by atoms with Crippen molar-refractivity contribution >= 4 is 58.7 Å². The number of amides is 1. The Morgan fingerprint density at radius 2 is 1.81 bits per heavy atom. The van der Waals surface area contributed by atoms with Gasteiger partial charge in [-0.2, -0.15) is 5.10 Å². The fourth-order valence-corrected chi connectivity index (χ4v) is 5.05. The highest BCUT2D eigenvalue weighted by molar-refractivity contribution is 8.03. The van der Waals surface area contributed by atoms with Crippen LogP contribution in [0.3, 0.4) is 0 Å². The number of aromatic nitrogens is 2. The van der Waals surface area contributed by atoms with Gasteiger partial charge in [0, 0.05) is 18.0 Å². The lowest BCUT2D eigenvalue weighted by atomic mass is 10.2. The maximum atomic E-state index is 11.9. The van der Waals surface area contributed by atoms with Gasteiger partial charge in [0.2, 0.25) is 0 Å². The van der Waals surface area contributed by atoms with Gasteiger partial charge in [0.15, 0.2) is 8.68 Å². The number of nitro groups is 1. The van der Waals surface area contributed by atoms with Gasteiger partial charge < -0.3 is 0 Å². The Morgan fingerprint density at radius 3 is 2.58 bits per heavy atom. The molecule has 3 aromatic rings. The molecule has 1 heterocycles. The van der Waals surface area contributed by atoms with Crippen LogP contribution in [0, 0.1) is 10.1 Å². The number of benzene rings is 2. The second-order valence-electron chi connectivity index (χ2n) is 5.89. The summed E-state index contributed by atoms with van der Waals surface area (Å²) in [5, 5.41) is 23.0. The van der Waals surface area contributed by atoms with Crippen LogP contribution in [-0.2, 0) is 10.5 Å².